The smallest absolute Gasteiger partial charge is 0.264 e. The van der Waals surface area contributed by atoms with Crippen molar-refractivity contribution in [3.8, 4) is 0 Å². The summed E-state index contributed by atoms with van der Waals surface area (Å²) in [4.78, 5) is 41.4. The molecule has 11 heteroatoms. The van der Waals surface area contributed by atoms with E-state index in [4.69, 9.17) is 4.74 Å². The Morgan fingerprint density at radius 2 is 1.71 bits per heavy atom. The molecule has 0 aliphatic carbocycles. The number of para-hydroxylation sites is 2. The highest BCUT2D eigenvalue weighted by Gasteiger charge is 2.66. The predicted molar refractivity (Wildman–Crippen MR) is 173 cm³/mol. The van der Waals surface area contributed by atoms with E-state index in [2.05, 4.69) is 10.3 Å². The minimum Gasteiger partial charge on any atom is -0.432 e. The van der Waals surface area contributed by atoms with Crippen molar-refractivity contribution in [1.29, 1.82) is 0 Å². The Kier molecular flexibility index (Phi) is 8.44. The van der Waals surface area contributed by atoms with Crippen LogP contribution in [0.3, 0.4) is 0 Å². The van der Waals surface area contributed by atoms with E-state index in [1.165, 1.54) is 0 Å². The Morgan fingerprint density at radius 3 is 2.40 bits per heavy atom. The number of hydrogen-bond acceptors (Lipinski definition) is 7. The lowest BCUT2D eigenvalue weighted by molar-refractivity contribution is -0.146. The SMILES string of the molecule is C[C@@H]1[C@@H]([Si](C)(C)O)[C@H](CCn2cc(CCO)nn2)O[C@@]12C(=O)N(Cc1ccc(N(C=O)c3ccccc3)cc1)c1ccccc12. The molecule has 0 bridgehead atoms. The maximum absolute atomic E-state index is 14.6. The van der Waals surface area contributed by atoms with Crippen LogP contribution in [0.25, 0.3) is 0 Å². The van der Waals surface area contributed by atoms with Crippen LogP contribution in [0.15, 0.2) is 85.1 Å². The van der Waals surface area contributed by atoms with E-state index in [0.717, 1.165) is 34.6 Å². The third-order valence-corrected chi connectivity index (χ3v) is 11.7. The van der Waals surface area contributed by atoms with Gasteiger partial charge in [0.25, 0.3) is 5.91 Å². The lowest BCUT2D eigenvalue weighted by Gasteiger charge is -2.32. The maximum atomic E-state index is 14.6. The minimum atomic E-state index is -2.79. The number of ether oxygens (including phenoxy) is 1. The molecule has 0 unspecified atom stereocenters. The Hall–Kier alpha value is -4.16. The van der Waals surface area contributed by atoms with Gasteiger partial charge in [0.05, 0.1) is 24.0 Å². The summed E-state index contributed by atoms with van der Waals surface area (Å²) in [5, 5.41) is 17.6. The predicted octanol–water partition coefficient (Wildman–Crippen LogP) is 4.54. The van der Waals surface area contributed by atoms with E-state index in [1.54, 1.807) is 14.5 Å². The van der Waals surface area contributed by atoms with Gasteiger partial charge in [-0.1, -0.05) is 60.7 Å². The fourth-order valence-corrected chi connectivity index (χ4v) is 9.80. The Bertz CT molecular complexity index is 1660. The van der Waals surface area contributed by atoms with Crippen molar-refractivity contribution >= 4 is 37.7 Å². The lowest BCUT2D eigenvalue weighted by atomic mass is 9.82. The summed E-state index contributed by atoms with van der Waals surface area (Å²) in [6.07, 6.45) is 3.24. The van der Waals surface area contributed by atoms with E-state index in [-0.39, 0.29) is 30.1 Å². The minimum absolute atomic E-state index is 0.00385. The van der Waals surface area contributed by atoms with Crippen LogP contribution in [0.5, 0.6) is 0 Å². The van der Waals surface area contributed by atoms with Crippen LogP contribution in [-0.2, 0) is 39.4 Å². The fourth-order valence-electron chi connectivity index (χ4n) is 7.20. The normalized spacial score (nSPS) is 22.6. The number of benzene rings is 3. The third kappa shape index (κ3) is 5.61. The molecule has 4 atom stereocenters. The van der Waals surface area contributed by atoms with Gasteiger partial charge in [-0.25, -0.2) is 0 Å². The van der Waals surface area contributed by atoms with Crippen molar-refractivity contribution in [2.75, 3.05) is 16.4 Å². The van der Waals surface area contributed by atoms with Crippen molar-refractivity contribution in [2.24, 2.45) is 5.92 Å². The number of rotatable bonds is 11. The second kappa shape index (κ2) is 12.3. The first-order valence-electron chi connectivity index (χ1n) is 15.4. The zero-order valence-electron chi connectivity index (χ0n) is 25.8. The molecule has 1 spiro atoms. The molecule has 4 aromatic rings. The van der Waals surface area contributed by atoms with Gasteiger partial charge in [-0.15, -0.1) is 5.10 Å². The van der Waals surface area contributed by atoms with Crippen LogP contribution < -0.4 is 9.80 Å². The second-order valence-corrected chi connectivity index (χ2v) is 16.5. The van der Waals surface area contributed by atoms with Crippen molar-refractivity contribution in [1.82, 2.24) is 15.0 Å². The molecule has 2 aliphatic heterocycles. The first-order valence-corrected chi connectivity index (χ1v) is 18.4. The summed E-state index contributed by atoms with van der Waals surface area (Å²) in [5.41, 5.74) is 3.35. The monoisotopic (exact) mass is 625 g/mol. The van der Waals surface area contributed by atoms with Crippen LogP contribution in [0, 0.1) is 5.92 Å². The average molecular weight is 626 g/mol. The molecule has 3 aromatic carbocycles. The van der Waals surface area contributed by atoms with E-state index in [1.807, 2.05) is 105 Å². The molecule has 10 nitrogen and oxygen atoms in total. The van der Waals surface area contributed by atoms with Crippen molar-refractivity contribution in [3.05, 3.63) is 102 Å². The lowest BCUT2D eigenvalue weighted by Crippen LogP contribution is -2.46. The molecule has 45 heavy (non-hydrogen) atoms. The number of aromatic nitrogens is 3. The highest BCUT2D eigenvalue weighted by Crippen LogP contribution is 2.59. The molecule has 0 radical (unpaired) electrons. The Balaban J connectivity index is 1.27. The number of aryl methyl sites for hydroxylation is 1. The third-order valence-electron chi connectivity index (χ3n) is 9.18. The van der Waals surface area contributed by atoms with E-state index < -0.39 is 13.9 Å². The topological polar surface area (TPSA) is 121 Å². The van der Waals surface area contributed by atoms with E-state index in [0.29, 0.717) is 31.6 Å². The van der Waals surface area contributed by atoms with Gasteiger partial charge in [-0.05, 0) is 55.4 Å². The molecule has 0 saturated carbocycles. The number of fused-ring (bicyclic) bond motifs is 2. The molecule has 1 saturated heterocycles. The van der Waals surface area contributed by atoms with Crippen molar-refractivity contribution in [2.45, 2.75) is 63.2 Å². The highest BCUT2D eigenvalue weighted by atomic mass is 28.4. The Morgan fingerprint density at radius 1 is 1.02 bits per heavy atom. The van der Waals surface area contributed by atoms with Gasteiger partial charge >= 0.3 is 0 Å². The zero-order chi connectivity index (χ0) is 31.8. The second-order valence-electron chi connectivity index (χ2n) is 12.5. The average Bonchev–Trinajstić information content (AvgIpc) is 3.68. The van der Waals surface area contributed by atoms with Crippen LogP contribution in [-0.4, -0.2) is 58.2 Å². The number of aliphatic hydroxyl groups excluding tert-OH is 1. The molecular formula is C34H39N5O5Si. The summed E-state index contributed by atoms with van der Waals surface area (Å²) in [6, 6.07) is 24.9. The van der Waals surface area contributed by atoms with Crippen LogP contribution in [0.2, 0.25) is 18.6 Å². The fraction of sp³-hybridized carbons (Fsp3) is 0.353. The van der Waals surface area contributed by atoms with Crippen LogP contribution in [0.1, 0.15) is 30.2 Å². The number of carbonyl (C=O) groups excluding carboxylic acids is 2. The maximum Gasteiger partial charge on any atom is 0.264 e. The molecule has 3 heterocycles. The number of amides is 2. The van der Waals surface area contributed by atoms with Gasteiger partial charge < -0.3 is 19.5 Å². The molecule has 2 N–H and O–H groups in total. The molecule has 1 fully saturated rings. The summed E-state index contributed by atoms with van der Waals surface area (Å²) in [6.45, 7) is 6.73. The summed E-state index contributed by atoms with van der Waals surface area (Å²) in [5.74, 6) is -0.390. The molecular weight excluding hydrogens is 586 g/mol. The summed E-state index contributed by atoms with van der Waals surface area (Å²) in [7, 11) is -2.79. The van der Waals surface area contributed by atoms with Gasteiger partial charge in [0.1, 0.15) is 0 Å². The van der Waals surface area contributed by atoms with Gasteiger partial charge in [0, 0.05) is 54.2 Å². The van der Waals surface area contributed by atoms with Gasteiger partial charge in [0.15, 0.2) is 13.9 Å². The van der Waals surface area contributed by atoms with Crippen LogP contribution in [0.4, 0.5) is 17.1 Å². The molecule has 234 valence electrons. The summed E-state index contributed by atoms with van der Waals surface area (Å²) < 4.78 is 8.63. The van der Waals surface area contributed by atoms with Crippen LogP contribution >= 0.6 is 0 Å². The molecule has 1 aromatic heterocycles. The molecule has 6 rings (SSSR count). The largest absolute Gasteiger partial charge is 0.432 e. The standard InChI is InChI=1S/C34H39N5O5Si/c1-24-32(45(2,3)43)31(17-19-37-22-26(18-20-40)35-36-37)44-34(24)29-11-7-8-12-30(29)38(33(34)42)21-25-13-15-28(16-14-25)39(23-41)27-9-5-4-6-10-27/h4-16,22-24,31-32,40,43H,17-21H2,1-3H3/t24-,31+,32-,34+/m1/s1. The number of carbonyl (C=O) groups is 2. The summed E-state index contributed by atoms with van der Waals surface area (Å²) >= 11 is 0. The van der Waals surface area contributed by atoms with Crippen molar-refractivity contribution in [3.63, 3.8) is 0 Å². The number of anilines is 3. The zero-order valence-corrected chi connectivity index (χ0v) is 26.8. The van der Waals surface area contributed by atoms with Gasteiger partial charge in [-0.3, -0.25) is 19.2 Å². The quantitative estimate of drug-likeness (QED) is 0.185. The highest BCUT2D eigenvalue weighted by molar-refractivity contribution is 6.71. The number of hydrogen-bond donors (Lipinski definition) is 2. The van der Waals surface area contributed by atoms with Gasteiger partial charge in [-0.2, -0.15) is 0 Å². The van der Waals surface area contributed by atoms with E-state index in [9.17, 15) is 19.5 Å². The van der Waals surface area contributed by atoms with Gasteiger partial charge in [0.2, 0.25) is 6.41 Å². The molecule has 2 amide bonds. The molecule has 2 aliphatic rings. The van der Waals surface area contributed by atoms with E-state index >= 15 is 0 Å². The first-order chi connectivity index (χ1) is 21.7. The first kappa shape index (κ1) is 30.8. The Labute approximate surface area is 264 Å². The van der Waals surface area contributed by atoms with Crippen molar-refractivity contribution < 1.29 is 24.2 Å². The number of aliphatic hydroxyl groups is 1. The number of nitrogens with zero attached hydrogens (tertiary/aromatic N) is 5.